The standard InChI is InChI=1S/C13H15Cl2F3N2O.ClH/c1-9-4-6-10(7-5-9)11(21)19(14)20(15)12(2,3)8-13(16,17)18;/h4-7H,8H2,1-3H3;1H. The van der Waals surface area contributed by atoms with Crippen LogP contribution in [0.25, 0.3) is 0 Å². The molecule has 0 aliphatic rings. The normalized spacial score (nSPS) is 12.0. The van der Waals surface area contributed by atoms with E-state index in [4.69, 9.17) is 23.6 Å². The van der Waals surface area contributed by atoms with Crippen molar-refractivity contribution in [3.05, 3.63) is 35.4 Å². The van der Waals surface area contributed by atoms with Gasteiger partial charge >= 0.3 is 6.18 Å². The first-order valence-corrected chi connectivity index (χ1v) is 6.71. The number of alkyl halides is 3. The van der Waals surface area contributed by atoms with E-state index < -0.39 is 24.0 Å². The van der Waals surface area contributed by atoms with E-state index in [1.54, 1.807) is 12.1 Å². The summed E-state index contributed by atoms with van der Waals surface area (Å²) in [5, 5.41) is 0. The first-order chi connectivity index (χ1) is 9.44. The molecule has 9 heteroatoms. The van der Waals surface area contributed by atoms with Gasteiger partial charge in [-0.3, -0.25) is 4.79 Å². The number of carbonyl (C=O) groups excluding carboxylic acids is 1. The van der Waals surface area contributed by atoms with Crippen molar-refractivity contribution in [1.82, 2.24) is 9.06 Å². The molecule has 1 aromatic rings. The van der Waals surface area contributed by atoms with Crippen LogP contribution in [0.2, 0.25) is 0 Å². The number of hydrogen-bond donors (Lipinski definition) is 0. The molecule has 0 spiro atoms. The van der Waals surface area contributed by atoms with Gasteiger partial charge in [0.05, 0.1) is 12.0 Å². The van der Waals surface area contributed by atoms with Gasteiger partial charge in [-0.05, 0) is 32.9 Å². The van der Waals surface area contributed by atoms with E-state index in [2.05, 4.69) is 0 Å². The fourth-order valence-electron chi connectivity index (χ4n) is 1.68. The second-order valence-electron chi connectivity index (χ2n) is 5.30. The smallest absolute Gasteiger partial charge is 0.266 e. The molecule has 0 saturated heterocycles. The average molecular weight is 380 g/mol. The molecule has 0 atom stereocenters. The number of benzene rings is 1. The van der Waals surface area contributed by atoms with Crippen LogP contribution in [0.5, 0.6) is 0 Å². The van der Waals surface area contributed by atoms with Crippen LogP contribution >= 0.6 is 36.0 Å². The van der Waals surface area contributed by atoms with E-state index in [1.165, 1.54) is 26.0 Å². The van der Waals surface area contributed by atoms with Gasteiger partial charge in [0.15, 0.2) is 0 Å². The molecule has 22 heavy (non-hydrogen) atoms. The zero-order valence-corrected chi connectivity index (χ0v) is 14.4. The Morgan fingerprint density at radius 3 is 2.00 bits per heavy atom. The van der Waals surface area contributed by atoms with Crippen LogP contribution in [0.4, 0.5) is 13.2 Å². The fraction of sp³-hybridized carbons (Fsp3) is 0.462. The number of rotatable bonds is 4. The van der Waals surface area contributed by atoms with Crippen molar-refractivity contribution in [2.45, 2.75) is 38.9 Å². The summed E-state index contributed by atoms with van der Waals surface area (Å²) in [7, 11) is 0. The van der Waals surface area contributed by atoms with Crippen LogP contribution in [0, 0.1) is 6.92 Å². The molecule has 0 N–H and O–H groups in total. The lowest BCUT2D eigenvalue weighted by atomic mass is 10.0. The molecule has 0 fully saturated rings. The highest BCUT2D eigenvalue weighted by atomic mass is 35.5. The monoisotopic (exact) mass is 378 g/mol. The highest BCUT2D eigenvalue weighted by Crippen LogP contribution is 2.34. The van der Waals surface area contributed by atoms with Crippen molar-refractivity contribution in [3.8, 4) is 0 Å². The van der Waals surface area contributed by atoms with Gasteiger partial charge in [0, 0.05) is 29.1 Å². The zero-order chi connectivity index (χ0) is 16.4. The minimum absolute atomic E-state index is 0. The van der Waals surface area contributed by atoms with Crippen LogP contribution in [0.15, 0.2) is 24.3 Å². The molecule has 0 radical (unpaired) electrons. The van der Waals surface area contributed by atoms with E-state index in [0.717, 1.165) is 5.56 Å². The highest BCUT2D eigenvalue weighted by molar-refractivity contribution is 6.27. The highest BCUT2D eigenvalue weighted by Gasteiger charge is 2.43. The molecule has 3 nitrogen and oxygen atoms in total. The van der Waals surface area contributed by atoms with E-state index in [-0.39, 0.29) is 18.0 Å². The molecular weight excluding hydrogens is 364 g/mol. The van der Waals surface area contributed by atoms with E-state index >= 15 is 0 Å². The summed E-state index contributed by atoms with van der Waals surface area (Å²) in [4.78, 5) is 12.1. The lowest BCUT2D eigenvalue weighted by Gasteiger charge is -2.36. The Bertz CT molecular complexity index is 506. The summed E-state index contributed by atoms with van der Waals surface area (Å²) in [6.45, 7) is 4.32. The molecule has 1 rings (SSSR count). The molecule has 0 aliphatic heterocycles. The second kappa shape index (κ2) is 7.73. The average Bonchev–Trinajstić information content (AvgIpc) is 2.34. The van der Waals surface area contributed by atoms with Crippen LogP contribution in [-0.2, 0) is 0 Å². The number of carbonyl (C=O) groups is 1. The van der Waals surface area contributed by atoms with Gasteiger partial charge in [0.25, 0.3) is 5.91 Å². The Morgan fingerprint density at radius 2 is 1.59 bits per heavy atom. The minimum Gasteiger partial charge on any atom is -0.266 e. The Hall–Kier alpha value is -0.690. The maximum absolute atomic E-state index is 12.5. The first-order valence-electron chi connectivity index (χ1n) is 6.03. The molecule has 0 bridgehead atoms. The maximum Gasteiger partial charge on any atom is 0.390 e. The van der Waals surface area contributed by atoms with E-state index in [0.29, 0.717) is 9.06 Å². The Kier molecular flexibility index (Phi) is 7.48. The summed E-state index contributed by atoms with van der Waals surface area (Å²) >= 11 is 11.6. The maximum atomic E-state index is 12.5. The molecule has 0 aliphatic carbocycles. The molecule has 0 heterocycles. The van der Waals surface area contributed by atoms with E-state index in [9.17, 15) is 18.0 Å². The third-order valence-electron chi connectivity index (χ3n) is 2.75. The molecular formula is C13H16Cl3F3N2O. The molecule has 0 saturated carbocycles. The summed E-state index contributed by atoms with van der Waals surface area (Å²) in [6.07, 6.45) is -5.64. The molecule has 126 valence electrons. The summed E-state index contributed by atoms with van der Waals surface area (Å²) in [5.41, 5.74) is -0.418. The molecule has 1 amide bonds. The number of halogens is 6. The second-order valence-corrected chi connectivity index (χ2v) is 5.94. The lowest BCUT2D eigenvalue weighted by Crippen LogP contribution is -2.49. The van der Waals surface area contributed by atoms with Gasteiger partial charge in [-0.1, -0.05) is 17.7 Å². The SMILES string of the molecule is Cc1ccc(C(=O)N(Cl)N(Cl)C(C)(C)CC(F)(F)F)cc1.Cl. The Morgan fingerprint density at radius 1 is 1.14 bits per heavy atom. The van der Waals surface area contributed by atoms with Crippen molar-refractivity contribution in [2.24, 2.45) is 0 Å². The predicted molar refractivity (Wildman–Crippen MR) is 82.9 cm³/mol. The number of amides is 1. The van der Waals surface area contributed by atoms with Crippen molar-refractivity contribution in [2.75, 3.05) is 0 Å². The van der Waals surface area contributed by atoms with Crippen molar-refractivity contribution in [1.29, 1.82) is 0 Å². The number of aryl methyl sites for hydroxylation is 1. The number of nitrogens with zero attached hydrogens (tertiary/aromatic N) is 2. The van der Waals surface area contributed by atoms with Crippen LogP contribution in [-0.4, -0.2) is 26.7 Å². The fourth-order valence-corrected chi connectivity index (χ4v) is 2.11. The summed E-state index contributed by atoms with van der Waals surface area (Å²) < 4.78 is 38.6. The third kappa shape index (κ3) is 5.83. The van der Waals surface area contributed by atoms with Crippen LogP contribution in [0.3, 0.4) is 0 Å². The third-order valence-corrected chi connectivity index (χ3v) is 3.74. The summed E-state index contributed by atoms with van der Waals surface area (Å²) in [5.74, 6) is -0.707. The van der Waals surface area contributed by atoms with Gasteiger partial charge in [-0.25, -0.2) is 0 Å². The van der Waals surface area contributed by atoms with E-state index in [1.807, 2.05) is 6.92 Å². The first kappa shape index (κ1) is 21.3. The lowest BCUT2D eigenvalue weighted by molar-refractivity contribution is -0.159. The van der Waals surface area contributed by atoms with Crippen molar-refractivity contribution < 1.29 is 18.0 Å². The van der Waals surface area contributed by atoms with Gasteiger partial charge in [0.2, 0.25) is 0 Å². The zero-order valence-electron chi connectivity index (χ0n) is 12.1. The topological polar surface area (TPSA) is 23.6 Å². The Labute approximate surface area is 143 Å². The summed E-state index contributed by atoms with van der Waals surface area (Å²) in [6, 6.07) is 6.43. The minimum atomic E-state index is -4.43. The van der Waals surface area contributed by atoms with Crippen molar-refractivity contribution >= 4 is 41.9 Å². The largest absolute Gasteiger partial charge is 0.390 e. The molecule has 0 unspecified atom stereocenters. The Balaban J connectivity index is 0.00000441. The number of hydrogen-bond acceptors (Lipinski definition) is 2. The van der Waals surface area contributed by atoms with Gasteiger partial charge in [-0.15, -0.1) is 16.9 Å². The molecule has 0 aromatic heterocycles. The van der Waals surface area contributed by atoms with Crippen LogP contribution < -0.4 is 0 Å². The quantitative estimate of drug-likeness (QED) is 0.536. The number of hydrazine groups is 1. The molecule has 1 aromatic carbocycles. The van der Waals surface area contributed by atoms with Crippen LogP contribution in [0.1, 0.15) is 36.2 Å². The predicted octanol–water partition coefficient (Wildman–Crippen LogP) is 5.11. The van der Waals surface area contributed by atoms with Gasteiger partial charge < -0.3 is 0 Å². The van der Waals surface area contributed by atoms with Crippen molar-refractivity contribution in [3.63, 3.8) is 0 Å². The van der Waals surface area contributed by atoms with Gasteiger partial charge in [-0.2, -0.15) is 17.7 Å². The van der Waals surface area contributed by atoms with Gasteiger partial charge in [0.1, 0.15) is 0 Å².